The highest BCUT2D eigenvalue weighted by Crippen LogP contribution is 2.31. The van der Waals surface area contributed by atoms with Crippen LogP contribution in [-0.2, 0) is 0 Å². The van der Waals surface area contributed by atoms with Gasteiger partial charge in [0.1, 0.15) is 11.3 Å². The smallest absolute Gasteiger partial charge is 0.272 e. The molecule has 0 unspecified atom stereocenters. The molecular weight excluding hydrogens is 394 g/mol. The van der Waals surface area contributed by atoms with Crippen LogP contribution in [0.2, 0.25) is 5.02 Å². The second-order valence-corrected chi connectivity index (χ2v) is 8.31. The Balaban J connectivity index is 1.34. The molecule has 28 heavy (non-hydrogen) atoms. The van der Waals surface area contributed by atoms with Gasteiger partial charge in [0.05, 0.1) is 15.9 Å². The van der Waals surface area contributed by atoms with Gasteiger partial charge in [0.2, 0.25) is 0 Å². The maximum atomic E-state index is 13.1. The van der Waals surface area contributed by atoms with Gasteiger partial charge in [0.25, 0.3) is 5.91 Å². The molecule has 4 heterocycles. The number of anilines is 1. The average Bonchev–Trinajstić information content (AvgIpc) is 3.27. The summed E-state index contributed by atoms with van der Waals surface area (Å²) < 4.78 is 2.96. The zero-order valence-electron chi connectivity index (χ0n) is 15.3. The first kappa shape index (κ1) is 17.5. The number of fused-ring (bicyclic) bond motifs is 2. The lowest BCUT2D eigenvalue weighted by atomic mass is 10.2. The highest BCUT2D eigenvalue weighted by atomic mass is 35.5. The van der Waals surface area contributed by atoms with E-state index in [1.54, 1.807) is 11.3 Å². The molecule has 1 aliphatic heterocycles. The van der Waals surface area contributed by atoms with Gasteiger partial charge in [-0.3, -0.25) is 9.20 Å². The van der Waals surface area contributed by atoms with Gasteiger partial charge in [0, 0.05) is 37.4 Å². The second-order valence-electron chi connectivity index (χ2n) is 6.86. The Bertz CT molecular complexity index is 1190. The van der Waals surface area contributed by atoms with Gasteiger partial charge in [0.15, 0.2) is 5.13 Å². The maximum absolute atomic E-state index is 13.1. The van der Waals surface area contributed by atoms with Crippen LogP contribution in [0.4, 0.5) is 5.13 Å². The fourth-order valence-electron chi connectivity index (χ4n) is 3.64. The monoisotopic (exact) mass is 411 g/mol. The third kappa shape index (κ3) is 2.91. The molecule has 0 saturated carbocycles. The molecule has 0 atom stereocenters. The Morgan fingerprint density at radius 1 is 1.11 bits per heavy atom. The number of carbonyl (C=O) groups is 1. The summed E-state index contributed by atoms with van der Waals surface area (Å²) in [5, 5.41) is 1.71. The van der Waals surface area contributed by atoms with E-state index < -0.39 is 0 Å². The first-order valence-corrected chi connectivity index (χ1v) is 10.3. The van der Waals surface area contributed by atoms with E-state index in [0.717, 1.165) is 44.8 Å². The minimum atomic E-state index is 0.0342. The van der Waals surface area contributed by atoms with E-state index in [1.165, 1.54) is 0 Å². The summed E-state index contributed by atoms with van der Waals surface area (Å²) in [5.74, 6) is 0.0342. The van der Waals surface area contributed by atoms with Crippen molar-refractivity contribution in [2.24, 2.45) is 0 Å². The number of halogens is 1. The van der Waals surface area contributed by atoms with Crippen molar-refractivity contribution in [3.05, 3.63) is 59.0 Å². The molecular formula is C20H18ClN5OS. The molecule has 0 radical (unpaired) electrons. The number of aromatic nitrogens is 3. The normalized spacial score (nSPS) is 14.9. The summed E-state index contributed by atoms with van der Waals surface area (Å²) in [7, 11) is 0. The number of rotatable bonds is 2. The van der Waals surface area contributed by atoms with Crippen molar-refractivity contribution < 1.29 is 4.79 Å². The Hall–Kier alpha value is -2.64. The van der Waals surface area contributed by atoms with Crippen LogP contribution in [-0.4, -0.2) is 51.4 Å². The predicted octanol–water partition coefficient (Wildman–Crippen LogP) is 3.87. The van der Waals surface area contributed by atoms with Crippen molar-refractivity contribution in [2.75, 3.05) is 31.1 Å². The van der Waals surface area contributed by atoms with Gasteiger partial charge in [-0.25, -0.2) is 9.97 Å². The van der Waals surface area contributed by atoms with Crippen LogP contribution in [0.3, 0.4) is 0 Å². The molecule has 3 aromatic heterocycles. The first-order chi connectivity index (χ1) is 13.6. The maximum Gasteiger partial charge on any atom is 0.272 e. The van der Waals surface area contributed by atoms with Gasteiger partial charge in [-0.2, -0.15) is 0 Å². The summed E-state index contributed by atoms with van der Waals surface area (Å²) in [5.41, 5.74) is 3.18. The van der Waals surface area contributed by atoms with Crippen LogP contribution in [0.1, 0.15) is 16.2 Å². The lowest BCUT2D eigenvalue weighted by Gasteiger charge is -2.34. The van der Waals surface area contributed by atoms with Crippen molar-refractivity contribution in [1.29, 1.82) is 0 Å². The molecule has 1 saturated heterocycles. The van der Waals surface area contributed by atoms with E-state index >= 15 is 0 Å². The molecule has 5 rings (SSSR count). The highest BCUT2D eigenvalue weighted by molar-refractivity contribution is 7.22. The number of hydrogen-bond donors (Lipinski definition) is 0. The topological polar surface area (TPSA) is 53.7 Å². The number of carbonyl (C=O) groups excluding carboxylic acids is 1. The fourth-order valence-corrected chi connectivity index (χ4v) is 4.94. The number of aryl methyl sites for hydroxylation is 1. The number of amides is 1. The van der Waals surface area contributed by atoms with Crippen LogP contribution >= 0.6 is 22.9 Å². The number of hydrogen-bond acceptors (Lipinski definition) is 5. The molecule has 142 valence electrons. The van der Waals surface area contributed by atoms with E-state index in [0.29, 0.717) is 18.8 Å². The van der Waals surface area contributed by atoms with Gasteiger partial charge in [-0.15, -0.1) is 0 Å². The van der Waals surface area contributed by atoms with E-state index in [-0.39, 0.29) is 5.91 Å². The van der Waals surface area contributed by atoms with Crippen LogP contribution in [0, 0.1) is 6.92 Å². The minimum Gasteiger partial charge on any atom is -0.345 e. The van der Waals surface area contributed by atoms with Gasteiger partial charge < -0.3 is 9.80 Å². The molecule has 0 N–H and O–H groups in total. The third-order valence-electron chi connectivity index (χ3n) is 5.08. The zero-order chi connectivity index (χ0) is 19.3. The van der Waals surface area contributed by atoms with E-state index in [9.17, 15) is 4.79 Å². The lowest BCUT2D eigenvalue weighted by molar-refractivity contribution is 0.0739. The first-order valence-electron chi connectivity index (χ1n) is 9.14. The second kappa shape index (κ2) is 6.76. The molecule has 1 aliphatic rings. The standard InChI is InChI=1S/C20H18ClN5OS/c1-13-18(26-7-3-2-4-17(26)22-13)19(27)24-8-10-25(11-9-24)20-23-15-6-5-14(21)12-16(15)28-20/h2-7,12H,8-11H2,1H3. The molecule has 4 aromatic rings. The summed E-state index contributed by atoms with van der Waals surface area (Å²) >= 11 is 7.73. The number of piperazine rings is 1. The average molecular weight is 412 g/mol. The van der Waals surface area contributed by atoms with Crippen LogP contribution < -0.4 is 4.90 Å². The predicted molar refractivity (Wildman–Crippen MR) is 113 cm³/mol. The summed E-state index contributed by atoms with van der Waals surface area (Å²) in [6.07, 6.45) is 1.89. The van der Waals surface area contributed by atoms with Crippen molar-refractivity contribution in [3.63, 3.8) is 0 Å². The minimum absolute atomic E-state index is 0.0342. The Labute approximate surface area is 171 Å². The molecule has 1 aromatic carbocycles. The lowest BCUT2D eigenvalue weighted by Crippen LogP contribution is -2.49. The van der Waals surface area contributed by atoms with Crippen LogP contribution in [0.15, 0.2) is 42.6 Å². The van der Waals surface area contributed by atoms with E-state index in [1.807, 2.05) is 58.8 Å². The van der Waals surface area contributed by atoms with E-state index in [4.69, 9.17) is 16.6 Å². The van der Waals surface area contributed by atoms with Gasteiger partial charge in [-0.05, 0) is 37.3 Å². The van der Waals surface area contributed by atoms with E-state index in [2.05, 4.69) is 9.88 Å². The molecule has 6 nitrogen and oxygen atoms in total. The van der Waals surface area contributed by atoms with Crippen LogP contribution in [0.25, 0.3) is 15.9 Å². The van der Waals surface area contributed by atoms with Crippen molar-refractivity contribution >= 4 is 49.8 Å². The molecule has 8 heteroatoms. The summed E-state index contributed by atoms with van der Waals surface area (Å²) in [6, 6.07) is 11.5. The molecule has 0 spiro atoms. The van der Waals surface area contributed by atoms with Crippen LogP contribution in [0.5, 0.6) is 0 Å². The van der Waals surface area contributed by atoms with Crippen molar-refractivity contribution in [2.45, 2.75) is 6.92 Å². The SMILES string of the molecule is Cc1nc2ccccn2c1C(=O)N1CCN(c2nc3ccc(Cl)cc3s2)CC1. The van der Waals surface area contributed by atoms with Crippen molar-refractivity contribution in [3.8, 4) is 0 Å². The van der Waals surface area contributed by atoms with Crippen molar-refractivity contribution in [1.82, 2.24) is 19.3 Å². The number of thiazole rings is 1. The number of imidazole rings is 1. The number of pyridine rings is 1. The Morgan fingerprint density at radius 2 is 1.93 bits per heavy atom. The third-order valence-corrected chi connectivity index (χ3v) is 6.40. The number of benzene rings is 1. The highest BCUT2D eigenvalue weighted by Gasteiger charge is 2.27. The van der Waals surface area contributed by atoms with Gasteiger partial charge >= 0.3 is 0 Å². The molecule has 1 amide bonds. The largest absolute Gasteiger partial charge is 0.345 e. The quantitative estimate of drug-likeness (QED) is 0.502. The van der Waals surface area contributed by atoms with Gasteiger partial charge in [-0.1, -0.05) is 29.0 Å². The fraction of sp³-hybridized carbons (Fsp3) is 0.250. The molecule has 0 aliphatic carbocycles. The molecule has 0 bridgehead atoms. The molecule has 1 fully saturated rings. The summed E-state index contributed by atoms with van der Waals surface area (Å²) in [4.78, 5) is 26.5. The number of nitrogens with zero attached hydrogens (tertiary/aromatic N) is 5. The Morgan fingerprint density at radius 3 is 2.75 bits per heavy atom. The zero-order valence-corrected chi connectivity index (χ0v) is 16.9. The Kier molecular flexibility index (Phi) is 4.21. The summed E-state index contributed by atoms with van der Waals surface area (Å²) in [6.45, 7) is 4.73.